The van der Waals surface area contributed by atoms with Crippen LogP contribution in [0.25, 0.3) is 0 Å². The highest BCUT2D eigenvalue weighted by Crippen LogP contribution is 2.28. The molecule has 2 nitrogen and oxygen atoms in total. The molecule has 0 amide bonds. The van der Waals surface area contributed by atoms with Crippen molar-refractivity contribution in [2.24, 2.45) is 0 Å². The number of benzene rings is 1. The highest BCUT2D eigenvalue weighted by molar-refractivity contribution is 6.32. The van der Waals surface area contributed by atoms with Gasteiger partial charge in [0.25, 0.3) is 0 Å². The number of para-hydroxylation sites is 1. The van der Waals surface area contributed by atoms with Crippen LogP contribution < -0.4 is 10.1 Å². The maximum Gasteiger partial charge on any atom is 0.142 e. The van der Waals surface area contributed by atoms with Crippen molar-refractivity contribution >= 4 is 11.6 Å². The molecule has 0 aliphatic carbocycles. The summed E-state index contributed by atoms with van der Waals surface area (Å²) in [6, 6.07) is 5.77. The molecule has 0 aliphatic rings. The minimum absolute atomic E-state index is 0.553. The number of allylic oxidation sites excluding steroid dienone is 1. The maximum atomic E-state index is 6.07. The third-order valence-corrected chi connectivity index (χ3v) is 2.27. The van der Waals surface area contributed by atoms with Gasteiger partial charge >= 0.3 is 0 Å². The first-order chi connectivity index (χ1) is 7.29. The monoisotopic (exact) mass is 225 g/mol. The molecular weight excluding hydrogens is 210 g/mol. The smallest absolute Gasteiger partial charge is 0.142 e. The van der Waals surface area contributed by atoms with Crippen LogP contribution in [-0.4, -0.2) is 13.7 Å². The Morgan fingerprint density at radius 2 is 2.27 bits per heavy atom. The molecule has 3 heteroatoms. The van der Waals surface area contributed by atoms with E-state index in [2.05, 4.69) is 5.32 Å². The van der Waals surface area contributed by atoms with E-state index in [-0.39, 0.29) is 0 Å². The standard InChI is InChI=1S/C12H16ClNO/c1-3-4-8-15-12-10(9-14-2)6-5-7-11(12)13/h3-7,14H,8-9H2,1-2H3/b4-3+. The molecule has 82 valence electrons. The Morgan fingerprint density at radius 3 is 2.93 bits per heavy atom. The van der Waals surface area contributed by atoms with Gasteiger partial charge in [0.15, 0.2) is 0 Å². The molecule has 1 aromatic carbocycles. The zero-order valence-electron chi connectivity index (χ0n) is 9.09. The molecule has 0 bridgehead atoms. The summed E-state index contributed by atoms with van der Waals surface area (Å²) in [5, 5.41) is 3.74. The molecule has 0 saturated heterocycles. The van der Waals surface area contributed by atoms with E-state index in [1.165, 1.54) is 0 Å². The molecule has 0 unspecified atom stereocenters. The lowest BCUT2D eigenvalue weighted by Crippen LogP contribution is -2.07. The number of ether oxygens (including phenoxy) is 1. The van der Waals surface area contributed by atoms with Crippen LogP contribution in [0.2, 0.25) is 5.02 Å². The van der Waals surface area contributed by atoms with Crippen LogP contribution in [0.3, 0.4) is 0 Å². The predicted octanol–water partition coefficient (Wildman–Crippen LogP) is 3.01. The Kier molecular flexibility index (Phi) is 5.22. The Hall–Kier alpha value is -0.990. The summed E-state index contributed by atoms with van der Waals surface area (Å²) < 4.78 is 5.60. The van der Waals surface area contributed by atoms with Crippen LogP contribution in [0.15, 0.2) is 30.4 Å². The SMILES string of the molecule is C/C=C/COc1c(Cl)cccc1CNC. The van der Waals surface area contributed by atoms with Crippen molar-refractivity contribution in [1.82, 2.24) is 5.32 Å². The van der Waals surface area contributed by atoms with E-state index < -0.39 is 0 Å². The van der Waals surface area contributed by atoms with Gasteiger partial charge in [-0.2, -0.15) is 0 Å². The number of halogens is 1. The molecule has 1 rings (SSSR count). The minimum atomic E-state index is 0.553. The van der Waals surface area contributed by atoms with Gasteiger partial charge in [-0.15, -0.1) is 0 Å². The van der Waals surface area contributed by atoms with Gasteiger partial charge in [-0.25, -0.2) is 0 Å². The average Bonchev–Trinajstić information content (AvgIpc) is 2.23. The second-order valence-electron chi connectivity index (χ2n) is 3.14. The number of hydrogen-bond donors (Lipinski definition) is 1. The second-order valence-corrected chi connectivity index (χ2v) is 3.55. The van der Waals surface area contributed by atoms with Crippen LogP contribution in [0.4, 0.5) is 0 Å². The second kappa shape index (κ2) is 6.49. The number of hydrogen-bond acceptors (Lipinski definition) is 2. The predicted molar refractivity (Wildman–Crippen MR) is 64.5 cm³/mol. The van der Waals surface area contributed by atoms with Gasteiger partial charge in [0, 0.05) is 12.1 Å². The van der Waals surface area contributed by atoms with E-state index in [1.807, 2.05) is 44.3 Å². The molecule has 0 saturated carbocycles. The summed E-state index contributed by atoms with van der Waals surface area (Å²) in [6.07, 6.45) is 3.90. The lowest BCUT2D eigenvalue weighted by atomic mass is 10.2. The van der Waals surface area contributed by atoms with Crippen molar-refractivity contribution in [1.29, 1.82) is 0 Å². The van der Waals surface area contributed by atoms with E-state index in [4.69, 9.17) is 16.3 Å². The Labute approximate surface area is 95.9 Å². The fourth-order valence-corrected chi connectivity index (χ4v) is 1.52. The Bertz CT molecular complexity index is 336. The fourth-order valence-electron chi connectivity index (χ4n) is 1.27. The van der Waals surface area contributed by atoms with E-state index in [0.29, 0.717) is 11.6 Å². The van der Waals surface area contributed by atoms with Gasteiger partial charge in [-0.05, 0) is 20.0 Å². The molecule has 15 heavy (non-hydrogen) atoms. The van der Waals surface area contributed by atoms with Crippen LogP contribution in [0, 0.1) is 0 Å². The van der Waals surface area contributed by atoms with Gasteiger partial charge in [-0.3, -0.25) is 0 Å². The van der Waals surface area contributed by atoms with E-state index in [9.17, 15) is 0 Å². The van der Waals surface area contributed by atoms with Gasteiger partial charge in [0.05, 0.1) is 5.02 Å². The highest BCUT2D eigenvalue weighted by atomic mass is 35.5. The Balaban J connectivity index is 2.81. The van der Waals surface area contributed by atoms with E-state index in [1.54, 1.807) is 0 Å². The van der Waals surface area contributed by atoms with Crippen molar-refractivity contribution in [2.45, 2.75) is 13.5 Å². The maximum absolute atomic E-state index is 6.07. The lowest BCUT2D eigenvalue weighted by Gasteiger charge is -2.11. The summed E-state index contributed by atoms with van der Waals surface area (Å²) in [6.45, 7) is 3.27. The number of rotatable bonds is 5. The van der Waals surface area contributed by atoms with E-state index in [0.717, 1.165) is 17.9 Å². The average molecular weight is 226 g/mol. The molecule has 0 radical (unpaired) electrons. The van der Waals surface area contributed by atoms with Crippen LogP contribution in [0.5, 0.6) is 5.75 Å². The Morgan fingerprint density at radius 1 is 1.47 bits per heavy atom. The molecule has 1 aromatic rings. The summed E-state index contributed by atoms with van der Waals surface area (Å²) in [5.41, 5.74) is 1.08. The van der Waals surface area contributed by atoms with Crippen LogP contribution in [0.1, 0.15) is 12.5 Å². The largest absolute Gasteiger partial charge is 0.488 e. The molecule has 0 atom stereocenters. The zero-order valence-corrected chi connectivity index (χ0v) is 9.84. The molecule has 0 fully saturated rings. The topological polar surface area (TPSA) is 21.3 Å². The third-order valence-electron chi connectivity index (χ3n) is 1.98. The molecule has 0 spiro atoms. The first-order valence-corrected chi connectivity index (χ1v) is 5.33. The van der Waals surface area contributed by atoms with Crippen LogP contribution in [-0.2, 0) is 6.54 Å². The van der Waals surface area contributed by atoms with Crippen molar-refractivity contribution < 1.29 is 4.74 Å². The minimum Gasteiger partial charge on any atom is -0.488 e. The quantitative estimate of drug-likeness (QED) is 0.778. The van der Waals surface area contributed by atoms with E-state index >= 15 is 0 Å². The van der Waals surface area contributed by atoms with Crippen molar-refractivity contribution in [2.75, 3.05) is 13.7 Å². The van der Waals surface area contributed by atoms with Crippen molar-refractivity contribution in [3.63, 3.8) is 0 Å². The summed E-state index contributed by atoms with van der Waals surface area (Å²) in [4.78, 5) is 0. The lowest BCUT2D eigenvalue weighted by molar-refractivity contribution is 0.358. The summed E-state index contributed by atoms with van der Waals surface area (Å²) in [7, 11) is 1.90. The van der Waals surface area contributed by atoms with Gasteiger partial charge in [0.2, 0.25) is 0 Å². The van der Waals surface area contributed by atoms with Crippen molar-refractivity contribution in [3.05, 3.63) is 40.9 Å². The first-order valence-electron chi connectivity index (χ1n) is 4.95. The zero-order chi connectivity index (χ0) is 11.1. The van der Waals surface area contributed by atoms with Crippen LogP contribution >= 0.6 is 11.6 Å². The van der Waals surface area contributed by atoms with Gasteiger partial charge in [0.1, 0.15) is 12.4 Å². The molecule has 0 aliphatic heterocycles. The summed E-state index contributed by atoms with van der Waals surface area (Å²) in [5.74, 6) is 0.770. The number of nitrogens with one attached hydrogen (secondary N) is 1. The molecular formula is C12H16ClNO. The third kappa shape index (κ3) is 3.57. The molecule has 0 heterocycles. The first kappa shape index (κ1) is 12.1. The fraction of sp³-hybridized carbons (Fsp3) is 0.333. The van der Waals surface area contributed by atoms with Gasteiger partial charge < -0.3 is 10.1 Å². The van der Waals surface area contributed by atoms with Crippen molar-refractivity contribution in [3.8, 4) is 5.75 Å². The molecule has 1 N–H and O–H groups in total. The normalized spacial score (nSPS) is 10.9. The highest BCUT2D eigenvalue weighted by Gasteiger charge is 2.06. The van der Waals surface area contributed by atoms with Gasteiger partial charge in [-0.1, -0.05) is 35.9 Å². The molecule has 0 aromatic heterocycles. The summed E-state index contributed by atoms with van der Waals surface area (Å²) >= 11 is 6.07.